The van der Waals surface area contributed by atoms with Crippen molar-refractivity contribution in [1.29, 1.82) is 0 Å². The number of hydroxylamine groups is 2. The molecule has 8 nitrogen and oxygen atoms in total. The van der Waals surface area contributed by atoms with E-state index in [1.807, 2.05) is 0 Å². The maximum absolute atomic E-state index is 11.2. The predicted octanol–water partition coefficient (Wildman–Crippen LogP) is 0.545. The summed E-state index contributed by atoms with van der Waals surface area (Å²) >= 11 is 0. The molecule has 1 aliphatic rings. The highest BCUT2D eigenvalue weighted by Crippen LogP contribution is 2.12. The number of ether oxygens (including phenoxy) is 2. The van der Waals surface area contributed by atoms with Crippen molar-refractivity contribution < 1.29 is 33.5 Å². The summed E-state index contributed by atoms with van der Waals surface area (Å²) in [6.07, 6.45) is -1.34. The van der Waals surface area contributed by atoms with Gasteiger partial charge >= 0.3 is 12.1 Å². The number of nitrogens with zero attached hydrogens (tertiary/aromatic N) is 1. The van der Waals surface area contributed by atoms with E-state index in [4.69, 9.17) is 4.74 Å². The topological polar surface area (TPSA) is 99.2 Å². The summed E-state index contributed by atoms with van der Waals surface area (Å²) in [6, 6.07) is 0. The Morgan fingerprint density at radius 1 is 1.16 bits per heavy atom. The molecule has 1 saturated heterocycles. The van der Waals surface area contributed by atoms with Crippen LogP contribution in [0.2, 0.25) is 0 Å². The average Bonchev–Trinajstić information content (AvgIpc) is 2.56. The van der Waals surface area contributed by atoms with Gasteiger partial charge < -0.3 is 9.47 Å². The molecule has 0 aromatic heterocycles. The molecule has 106 valence electrons. The van der Waals surface area contributed by atoms with Gasteiger partial charge in [0.15, 0.2) is 6.61 Å². The molecule has 2 amide bonds. The number of hydrogen-bond acceptors (Lipinski definition) is 7. The Balaban J connectivity index is 2.34. The lowest BCUT2D eigenvalue weighted by Crippen LogP contribution is -2.33. The van der Waals surface area contributed by atoms with Crippen LogP contribution in [0, 0.1) is 0 Å². The molecule has 0 saturated carbocycles. The third-order valence-electron chi connectivity index (χ3n) is 1.90. The SMILES string of the molecule is CC(C)(C)OC(=O)COC(=O)ON1C(=O)CCC1=O. The third kappa shape index (κ3) is 4.94. The highest BCUT2D eigenvalue weighted by molar-refractivity contribution is 6.01. The minimum Gasteiger partial charge on any atom is -0.457 e. The minimum atomic E-state index is -1.31. The summed E-state index contributed by atoms with van der Waals surface area (Å²) in [6.45, 7) is 4.31. The van der Waals surface area contributed by atoms with Crippen molar-refractivity contribution in [2.24, 2.45) is 0 Å². The Kier molecular flexibility index (Phi) is 4.47. The maximum atomic E-state index is 11.2. The first kappa shape index (κ1) is 14.9. The summed E-state index contributed by atoms with van der Waals surface area (Å²) in [5.74, 6) is -2.01. The molecule has 0 aromatic carbocycles. The zero-order chi connectivity index (χ0) is 14.6. The van der Waals surface area contributed by atoms with Gasteiger partial charge in [-0.3, -0.25) is 14.4 Å². The number of imide groups is 1. The second-order valence-electron chi connectivity index (χ2n) is 4.80. The molecule has 0 N–H and O–H groups in total. The standard InChI is InChI=1S/C11H15NO7/c1-11(2,3)18-9(15)6-17-10(16)19-12-7(13)4-5-8(12)14/h4-6H2,1-3H3. The molecular formula is C11H15NO7. The smallest absolute Gasteiger partial charge is 0.457 e. The molecule has 19 heavy (non-hydrogen) atoms. The minimum absolute atomic E-state index is 0.0157. The fraction of sp³-hybridized carbons (Fsp3) is 0.636. The van der Waals surface area contributed by atoms with Crippen LogP contribution in [0.25, 0.3) is 0 Å². The highest BCUT2D eigenvalue weighted by atomic mass is 16.8. The van der Waals surface area contributed by atoms with Gasteiger partial charge in [-0.05, 0) is 20.8 Å². The molecule has 1 aliphatic heterocycles. The van der Waals surface area contributed by atoms with Gasteiger partial charge in [-0.2, -0.15) is 0 Å². The second-order valence-corrected chi connectivity index (χ2v) is 4.80. The largest absolute Gasteiger partial charge is 0.534 e. The quantitative estimate of drug-likeness (QED) is 0.546. The van der Waals surface area contributed by atoms with Gasteiger partial charge in [-0.25, -0.2) is 9.59 Å². The number of carbonyl (C=O) groups is 4. The lowest BCUT2D eigenvalue weighted by Gasteiger charge is -2.19. The van der Waals surface area contributed by atoms with E-state index in [9.17, 15) is 19.2 Å². The number of rotatable bonds is 3. The van der Waals surface area contributed by atoms with Crippen molar-refractivity contribution in [2.75, 3.05) is 6.61 Å². The number of carbonyl (C=O) groups excluding carboxylic acids is 4. The van der Waals surface area contributed by atoms with E-state index >= 15 is 0 Å². The first-order valence-electron chi connectivity index (χ1n) is 5.61. The fourth-order valence-corrected chi connectivity index (χ4v) is 1.25. The second kappa shape index (κ2) is 5.68. The molecule has 1 heterocycles. The van der Waals surface area contributed by atoms with Gasteiger partial charge in [0, 0.05) is 12.8 Å². The van der Waals surface area contributed by atoms with Gasteiger partial charge in [-0.15, -0.1) is 0 Å². The molecule has 0 bridgehead atoms. The molecule has 0 spiro atoms. The highest BCUT2D eigenvalue weighted by Gasteiger charge is 2.33. The predicted molar refractivity (Wildman–Crippen MR) is 59.4 cm³/mol. The molecule has 0 aromatic rings. The Hall–Kier alpha value is -2.12. The maximum Gasteiger partial charge on any atom is 0.534 e. The van der Waals surface area contributed by atoms with Crippen molar-refractivity contribution in [3.8, 4) is 0 Å². The van der Waals surface area contributed by atoms with Crippen LogP contribution in [-0.2, 0) is 28.7 Å². The van der Waals surface area contributed by atoms with E-state index in [2.05, 4.69) is 9.57 Å². The Morgan fingerprint density at radius 3 is 2.16 bits per heavy atom. The van der Waals surface area contributed by atoms with Crippen LogP contribution < -0.4 is 0 Å². The first-order chi connectivity index (χ1) is 8.69. The molecule has 1 fully saturated rings. The van der Waals surface area contributed by atoms with Gasteiger partial charge in [0.1, 0.15) is 5.60 Å². The van der Waals surface area contributed by atoms with Crippen LogP contribution in [0.15, 0.2) is 0 Å². The van der Waals surface area contributed by atoms with E-state index in [1.54, 1.807) is 20.8 Å². The zero-order valence-corrected chi connectivity index (χ0v) is 10.9. The van der Waals surface area contributed by atoms with Crippen LogP contribution in [-0.4, -0.2) is 41.2 Å². The summed E-state index contributed by atoms with van der Waals surface area (Å²) in [5.41, 5.74) is -0.703. The normalized spacial score (nSPS) is 15.4. The van der Waals surface area contributed by atoms with Crippen molar-refractivity contribution in [1.82, 2.24) is 5.06 Å². The van der Waals surface area contributed by atoms with Crippen LogP contribution in [0.4, 0.5) is 4.79 Å². The summed E-state index contributed by atoms with van der Waals surface area (Å²) < 4.78 is 9.31. The van der Waals surface area contributed by atoms with E-state index in [0.717, 1.165) is 0 Å². The van der Waals surface area contributed by atoms with Gasteiger partial charge in [0.05, 0.1) is 0 Å². The molecule has 0 aliphatic carbocycles. The zero-order valence-electron chi connectivity index (χ0n) is 10.9. The van der Waals surface area contributed by atoms with Crippen molar-refractivity contribution >= 4 is 23.9 Å². The van der Waals surface area contributed by atoms with E-state index in [0.29, 0.717) is 5.06 Å². The monoisotopic (exact) mass is 273 g/mol. The first-order valence-corrected chi connectivity index (χ1v) is 5.61. The lowest BCUT2D eigenvalue weighted by molar-refractivity contribution is -0.178. The number of amides is 2. The number of hydrogen-bond donors (Lipinski definition) is 0. The van der Waals surface area contributed by atoms with Crippen LogP contribution in [0.1, 0.15) is 33.6 Å². The van der Waals surface area contributed by atoms with Crippen LogP contribution >= 0.6 is 0 Å². The Morgan fingerprint density at radius 2 is 1.68 bits per heavy atom. The average molecular weight is 273 g/mol. The van der Waals surface area contributed by atoms with Gasteiger partial charge in [0.2, 0.25) is 0 Å². The summed E-state index contributed by atoms with van der Waals surface area (Å²) in [7, 11) is 0. The molecule has 0 atom stereocenters. The van der Waals surface area contributed by atoms with Crippen molar-refractivity contribution in [3.05, 3.63) is 0 Å². The summed E-state index contributed by atoms with van der Waals surface area (Å²) in [4.78, 5) is 49.0. The van der Waals surface area contributed by atoms with Crippen LogP contribution in [0.5, 0.6) is 0 Å². The molecule has 8 heteroatoms. The molecule has 1 rings (SSSR count). The van der Waals surface area contributed by atoms with Gasteiger partial charge in [-0.1, -0.05) is 5.06 Å². The van der Waals surface area contributed by atoms with Crippen molar-refractivity contribution in [3.63, 3.8) is 0 Å². The number of esters is 1. The molecule has 0 radical (unpaired) electrons. The molecular weight excluding hydrogens is 258 g/mol. The summed E-state index contributed by atoms with van der Waals surface area (Å²) in [5, 5.41) is 0.331. The van der Waals surface area contributed by atoms with E-state index in [1.165, 1.54) is 0 Å². The lowest BCUT2D eigenvalue weighted by atomic mass is 10.2. The molecule has 0 unspecified atom stereocenters. The van der Waals surface area contributed by atoms with Crippen molar-refractivity contribution in [2.45, 2.75) is 39.2 Å². The van der Waals surface area contributed by atoms with Crippen LogP contribution in [0.3, 0.4) is 0 Å². The van der Waals surface area contributed by atoms with Gasteiger partial charge in [0.25, 0.3) is 11.8 Å². The Bertz CT molecular complexity index is 394. The third-order valence-corrected chi connectivity index (χ3v) is 1.90. The fourth-order valence-electron chi connectivity index (χ4n) is 1.25. The van der Waals surface area contributed by atoms with E-state index in [-0.39, 0.29) is 12.8 Å². The van der Waals surface area contributed by atoms with E-state index < -0.39 is 36.1 Å². The Labute approximate surface area is 109 Å².